The number of hydrogen-bond donors (Lipinski definition) is 0. The number of rotatable bonds is 1. The molecular formula is C21H21N3. The highest BCUT2D eigenvalue weighted by atomic mass is 15.2. The van der Waals surface area contributed by atoms with Gasteiger partial charge in [-0.3, -0.25) is 4.90 Å². The van der Waals surface area contributed by atoms with Gasteiger partial charge in [-0.25, -0.2) is 9.97 Å². The van der Waals surface area contributed by atoms with Crippen LogP contribution in [0.25, 0.3) is 22.3 Å². The topological polar surface area (TPSA) is 29.0 Å². The van der Waals surface area contributed by atoms with E-state index in [1.54, 1.807) is 0 Å². The molecule has 1 fully saturated rings. The van der Waals surface area contributed by atoms with Crippen LogP contribution in [0.2, 0.25) is 0 Å². The molecule has 1 saturated heterocycles. The second kappa shape index (κ2) is 5.12. The van der Waals surface area contributed by atoms with Gasteiger partial charge < -0.3 is 0 Å². The highest BCUT2D eigenvalue weighted by Gasteiger charge is 2.36. The van der Waals surface area contributed by atoms with Crippen molar-refractivity contribution in [3.05, 3.63) is 58.8 Å². The molecule has 0 N–H and O–H groups in total. The third kappa shape index (κ3) is 1.94. The highest BCUT2D eigenvalue weighted by Crippen LogP contribution is 2.45. The molecule has 1 aromatic heterocycles. The van der Waals surface area contributed by atoms with Gasteiger partial charge in [0.1, 0.15) is 0 Å². The van der Waals surface area contributed by atoms with E-state index in [1.807, 2.05) is 0 Å². The van der Waals surface area contributed by atoms with Crippen molar-refractivity contribution >= 4 is 11.0 Å². The quantitative estimate of drug-likeness (QED) is 0.666. The van der Waals surface area contributed by atoms with Crippen molar-refractivity contribution in [2.75, 3.05) is 13.1 Å². The molecule has 1 unspecified atom stereocenters. The van der Waals surface area contributed by atoms with Crippen LogP contribution in [0.4, 0.5) is 0 Å². The van der Waals surface area contributed by atoms with Crippen LogP contribution in [-0.2, 0) is 0 Å². The Morgan fingerprint density at radius 2 is 1.58 bits per heavy atom. The van der Waals surface area contributed by atoms with Gasteiger partial charge in [-0.1, -0.05) is 24.3 Å². The van der Waals surface area contributed by atoms with Gasteiger partial charge in [0.25, 0.3) is 0 Å². The smallest absolute Gasteiger partial charge is 0.0948 e. The number of aromatic nitrogens is 2. The lowest BCUT2D eigenvalue weighted by Crippen LogP contribution is -2.25. The van der Waals surface area contributed by atoms with E-state index in [-0.39, 0.29) is 6.04 Å². The van der Waals surface area contributed by atoms with Crippen LogP contribution in [0.5, 0.6) is 0 Å². The molecule has 2 heterocycles. The zero-order chi connectivity index (χ0) is 16.3. The number of likely N-dealkylation sites (tertiary alicyclic amines) is 1. The average Bonchev–Trinajstić information content (AvgIpc) is 3.20. The van der Waals surface area contributed by atoms with Crippen LogP contribution in [-0.4, -0.2) is 28.0 Å². The maximum absolute atomic E-state index is 5.09. The summed E-state index contributed by atoms with van der Waals surface area (Å²) in [6.07, 6.45) is 2.57. The van der Waals surface area contributed by atoms with Gasteiger partial charge >= 0.3 is 0 Å². The second-order valence-corrected chi connectivity index (χ2v) is 7.12. The standard InChI is InChI=1S/C21H21N3/c1-13-11-17-18(12-14(13)2)23-20-19(22-17)15-7-3-4-8-16(15)21(20)24-9-5-6-10-24/h3-4,7-8,11-12,21H,5-6,9-10H2,1-2H3. The molecular weight excluding hydrogens is 294 g/mol. The molecule has 1 atom stereocenters. The summed E-state index contributed by atoms with van der Waals surface area (Å²) >= 11 is 0. The molecule has 3 nitrogen and oxygen atoms in total. The summed E-state index contributed by atoms with van der Waals surface area (Å²) in [4.78, 5) is 12.7. The molecule has 3 aromatic rings. The number of aryl methyl sites for hydroxylation is 2. The Balaban J connectivity index is 1.79. The van der Waals surface area contributed by atoms with Crippen molar-refractivity contribution in [3.8, 4) is 11.3 Å². The first-order valence-electron chi connectivity index (χ1n) is 8.84. The Morgan fingerprint density at radius 1 is 0.917 bits per heavy atom. The molecule has 2 aromatic carbocycles. The largest absolute Gasteiger partial charge is 0.291 e. The number of fused-ring (bicyclic) bond motifs is 4. The van der Waals surface area contributed by atoms with Gasteiger partial charge in [-0.05, 0) is 68.6 Å². The van der Waals surface area contributed by atoms with E-state index in [0.29, 0.717) is 0 Å². The Morgan fingerprint density at radius 3 is 2.33 bits per heavy atom. The maximum atomic E-state index is 5.09. The zero-order valence-corrected chi connectivity index (χ0v) is 14.2. The van der Waals surface area contributed by atoms with Crippen molar-refractivity contribution in [3.63, 3.8) is 0 Å². The SMILES string of the molecule is Cc1cc2nc3c(nc2cc1C)C(N1CCCC1)c1ccccc1-3. The molecule has 120 valence electrons. The molecule has 2 aliphatic rings. The fraction of sp³-hybridized carbons (Fsp3) is 0.333. The third-order valence-corrected chi connectivity index (χ3v) is 5.58. The predicted molar refractivity (Wildman–Crippen MR) is 97.1 cm³/mol. The monoisotopic (exact) mass is 315 g/mol. The molecule has 0 bridgehead atoms. The fourth-order valence-electron chi connectivity index (χ4n) is 4.18. The van der Waals surface area contributed by atoms with Gasteiger partial charge in [0.2, 0.25) is 0 Å². The van der Waals surface area contributed by atoms with Crippen molar-refractivity contribution < 1.29 is 0 Å². The Bertz CT molecular complexity index is 955. The van der Waals surface area contributed by atoms with Crippen LogP contribution >= 0.6 is 0 Å². The average molecular weight is 315 g/mol. The van der Waals surface area contributed by atoms with E-state index in [0.717, 1.165) is 35.5 Å². The summed E-state index contributed by atoms with van der Waals surface area (Å²) < 4.78 is 0. The summed E-state index contributed by atoms with van der Waals surface area (Å²) in [5.41, 5.74) is 9.45. The summed E-state index contributed by atoms with van der Waals surface area (Å²) in [6.45, 7) is 6.61. The predicted octanol–water partition coefficient (Wildman–Crippen LogP) is 4.41. The minimum absolute atomic E-state index is 0.275. The van der Waals surface area contributed by atoms with Gasteiger partial charge in [0.15, 0.2) is 0 Å². The molecule has 24 heavy (non-hydrogen) atoms. The molecule has 1 aliphatic heterocycles. The van der Waals surface area contributed by atoms with Crippen LogP contribution < -0.4 is 0 Å². The van der Waals surface area contributed by atoms with Crippen molar-refractivity contribution in [1.82, 2.24) is 14.9 Å². The van der Waals surface area contributed by atoms with Crippen LogP contribution in [0, 0.1) is 13.8 Å². The summed E-state index contributed by atoms with van der Waals surface area (Å²) in [5, 5.41) is 0. The third-order valence-electron chi connectivity index (χ3n) is 5.58. The van der Waals surface area contributed by atoms with Gasteiger partial charge in [0.05, 0.1) is 28.5 Å². The minimum Gasteiger partial charge on any atom is -0.291 e. The molecule has 0 saturated carbocycles. The normalized spacial score (nSPS) is 19.7. The Hall–Kier alpha value is -2.26. The van der Waals surface area contributed by atoms with Gasteiger partial charge in [-0.15, -0.1) is 0 Å². The maximum Gasteiger partial charge on any atom is 0.0948 e. The second-order valence-electron chi connectivity index (χ2n) is 7.12. The van der Waals surface area contributed by atoms with Crippen LogP contribution in [0.1, 0.15) is 41.3 Å². The van der Waals surface area contributed by atoms with E-state index in [2.05, 4.69) is 55.1 Å². The van der Waals surface area contributed by atoms with E-state index in [9.17, 15) is 0 Å². The van der Waals surface area contributed by atoms with E-state index in [4.69, 9.17) is 9.97 Å². The van der Waals surface area contributed by atoms with E-state index in [1.165, 1.54) is 35.1 Å². The van der Waals surface area contributed by atoms with Crippen LogP contribution in [0.15, 0.2) is 36.4 Å². The highest BCUT2D eigenvalue weighted by molar-refractivity contribution is 5.83. The van der Waals surface area contributed by atoms with Gasteiger partial charge in [-0.2, -0.15) is 0 Å². The van der Waals surface area contributed by atoms with Crippen molar-refractivity contribution in [2.24, 2.45) is 0 Å². The first kappa shape index (κ1) is 14.1. The summed E-state index contributed by atoms with van der Waals surface area (Å²) in [7, 11) is 0. The number of nitrogens with zero attached hydrogens (tertiary/aromatic N) is 3. The van der Waals surface area contributed by atoms with Gasteiger partial charge in [0, 0.05) is 5.56 Å². The summed E-state index contributed by atoms with van der Waals surface area (Å²) in [5.74, 6) is 0. The molecule has 0 amide bonds. The summed E-state index contributed by atoms with van der Waals surface area (Å²) in [6, 6.07) is 13.3. The lowest BCUT2D eigenvalue weighted by atomic mass is 10.1. The first-order chi connectivity index (χ1) is 11.7. The minimum atomic E-state index is 0.275. The lowest BCUT2D eigenvalue weighted by molar-refractivity contribution is 0.281. The molecule has 3 heteroatoms. The first-order valence-corrected chi connectivity index (χ1v) is 8.84. The van der Waals surface area contributed by atoms with Crippen molar-refractivity contribution in [1.29, 1.82) is 0 Å². The number of hydrogen-bond acceptors (Lipinski definition) is 3. The zero-order valence-electron chi connectivity index (χ0n) is 14.2. The number of benzene rings is 2. The Labute approximate surface area is 142 Å². The van der Waals surface area contributed by atoms with E-state index >= 15 is 0 Å². The van der Waals surface area contributed by atoms with E-state index < -0.39 is 0 Å². The molecule has 1 aliphatic carbocycles. The Kier molecular flexibility index (Phi) is 3.01. The molecule has 0 spiro atoms. The lowest BCUT2D eigenvalue weighted by Gasteiger charge is -2.24. The van der Waals surface area contributed by atoms with Crippen LogP contribution in [0.3, 0.4) is 0 Å². The molecule has 0 radical (unpaired) electrons. The molecule has 5 rings (SSSR count). The van der Waals surface area contributed by atoms with Crippen molar-refractivity contribution in [2.45, 2.75) is 32.7 Å². The fourth-order valence-corrected chi connectivity index (χ4v) is 4.18.